The number of nitrogens with zero attached hydrogens (tertiary/aromatic N) is 2. The fraction of sp³-hybridized carbons (Fsp3) is 0.429. The first kappa shape index (κ1) is 14.7. The van der Waals surface area contributed by atoms with Crippen molar-refractivity contribution in [1.29, 1.82) is 0 Å². The van der Waals surface area contributed by atoms with Crippen LogP contribution in [0, 0.1) is 0 Å². The van der Waals surface area contributed by atoms with Gasteiger partial charge in [0.2, 0.25) is 5.13 Å². The molecule has 0 aliphatic carbocycles. The van der Waals surface area contributed by atoms with E-state index in [4.69, 9.17) is 4.74 Å². The van der Waals surface area contributed by atoms with Crippen molar-refractivity contribution in [2.45, 2.75) is 25.8 Å². The van der Waals surface area contributed by atoms with Crippen molar-refractivity contribution in [1.82, 2.24) is 9.36 Å². The van der Waals surface area contributed by atoms with E-state index < -0.39 is 0 Å². The minimum absolute atomic E-state index is 0.0172. The molecule has 1 atom stereocenters. The largest absolute Gasteiger partial charge is 0.497 e. The molecule has 0 radical (unpaired) electrons. The first-order valence-corrected chi connectivity index (χ1v) is 7.38. The average molecular weight is 293 g/mol. The van der Waals surface area contributed by atoms with Gasteiger partial charge in [0, 0.05) is 24.6 Å². The van der Waals surface area contributed by atoms with Crippen LogP contribution in [-0.2, 0) is 6.42 Å². The van der Waals surface area contributed by atoms with E-state index in [1.165, 1.54) is 11.5 Å². The minimum Gasteiger partial charge on any atom is -0.497 e. The summed E-state index contributed by atoms with van der Waals surface area (Å²) >= 11 is 1.35. The van der Waals surface area contributed by atoms with Crippen LogP contribution in [0.15, 0.2) is 24.3 Å². The number of methoxy groups -OCH3 is 1. The van der Waals surface area contributed by atoms with Gasteiger partial charge in [-0.25, -0.2) is 4.98 Å². The molecule has 0 aliphatic rings. The Hall–Kier alpha value is -1.66. The summed E-state index contributed by atoms with van der Waals surface area (Å²) < 4.78 is 9.41. The van der Waals surface area contributed by atoms with E-state index in [9.17, 15) is 5.11 Å². The Labute approximate surface area is 122 Å². The van der Waals surface area contributed by atoms with E-state index in [1.54, 1.807) is 7.11 Å². The first-order chi connectivity index (χ1) is 9.76. The lowest BCUT2D eigenvalue weighted by molar-refractivity contribution is 0.280. The molecule has 1 aromatic heterocycles. The molecule has 0 spiro atoms. The molecule has 0 aliphatic heterocycles. The highest BCUT2D eigenvalue weighted by Gasteiger charge is 2.13. The minimum atomic E-state index is 0.0172. The highest BCUT2D eigenvalue weighted by Crippen LogP contribution is 2.25. The van der Waals surface area contributed by atoms with Crippen LogP contribution in [-0.4, -0.2) is 28.2 Å². The Morgan fingerprint density at radius 2 is 2.10 bits per heavy atom. The third-order valence-corrected chi connectivity index (χ3v) is 3.70. The van der Waals surface area contributed by atoms with Crippen LogP contribution in [0.5, 0.6) is 5.75 Å². The van der Waals surface area contributed by atoms with Crippen molar-refractivity contribution in [3.8, 4) is 5.75 Å². The number of nitrogens with one attached hydrogen (secondary N) is 1. The summed E-state index contributed by atoms with van der Waals surface area (Å²) in [6.07, 6.45) is 1.44. The molecule has 2 aromatic rings. The number of aliphatic hydroxyl groups excluding tert-OH is 1. The third kappa shape index (κ3) is 3.68. The number of rotatable bonds is 7. The van der Waals surface area contributed by atoms with E-state index in [-0.39, 0.29) is 12.6 Å². The summed E-state index contributed by atoms with van der Waals surface area (Å²) in [6, 6.07) is 7.84. The van der Waals surface area contributed by atoms with Gasteiger partial charge in [-0.1, -0.05) is 19.1 Å². The van der Waals surface area contributed by atoms with E-state index >= 15 is 0 Å². The molecular weight excluding hydrogens is 274 g/mol. The highest BCUT2D eigenvalue weighted by molar-refractivity contribution is 7.09. The van der Waals surface area contributed by atoms with E-state index in [0.29, 0.717) is 6.42 Å². The second kappa shape index (κ2) is 7.21. The Balaban J connectivity index is 2.12. The lowest BCUT2D eigenvalue weighted by Crippen LogP contribution is -2.12. The van der Waals surface area contributed by atoms with Crippen LogP contribution in [0.1, 0.15) is 30.8 Å². The fourth-order valence-electron chi connectivity index (χ4n) is 1.89. The van der Waals surface area contributed by atoms with Crippen LogP contribution in [0.4, 0.5) is 5.13 Å². The summed E-state index contributed by atoms with van der Waals surface area (Å²) in [5, 5.41) is 13.4. The first-order valence-electron chi connectivity index (χ1n) is 6.60. The lowest BCUT2D eigenvalue weighted by Gasteiger charge is -2.17. The molecule has 1 aromatic carbocycles. The zero-order chi connectivity index (χ0) is 14.4. The van der Waals surface area contributed by atoms with Crippen LogP contribution >= 0.6 is 11.5 Å². The molecule has 0 saturated carbocycles. The summed E-state index contributed by atoms with van der Waals surface area (Å²) in [7, 11) is 1.64. The molecule has 6 heteroatoms. The predicted molar refractivity (Wildman–Crippen MR) is 80.3 cm³/mol. The lowest BCUT2D eigenvalue weighted by atomic mass is 10.0. The third-order valence-electron chi connectivity index (χ3n) is 3.02. The summed E-state index contributed by atoms with van der Waals surface area (Å²) in [5.74, 6) is 1.66. The Morgan fingerprint density at radius 3 is 2.65 bits per heavy atom. The van der Waals surface area contributed by atoms with Crippen molar-refractivity contribution >= 4 is 16.7 Å². The second-order valence-electron chi connectivity index (χ2n) is 4.35. The number of benzene rings is 1. The van der Waals surface area contributed by atoms with Crippen LogP contribution < -0.4 is 10.1 Å². The van der Waals surface area contributed by atoms with Gasteiger partial charge < -0.3 is 15.2 Å². The number of hydrogen-bond acceptors (Lipinski definition) is 6. The van der Waals surface area contributed by atoms with Gasteiger partial charge in [0.15, 0.2) is 0 Å². The van der Waals surface area contributed by atoms with Gasteiger partial charge in [0.05, 0.1) is 13.2 Å². The molecule has 1 heterocycles. The van der Waals surface area contributed by atoms with Gasteiger partial charge in [0.25, 0.3) is 0 Å². The Kier molecular flexibility index (Phi) is 5.31. The number of hydrogen-bond donors (Lipinski definition) is 2. The average Bonchev–Trinajstić information content (AvgIpc) is 2.95. The van der Waals surface area contributed by atoms with E-state index in [2.05, 4.69) is 14.7 Å². The van der Waals surface area contributed by atoms with Gasteiger partial charge >= 0.3 is 0 Å². The van der Waals surface area contributed by atoms with Gasteiger partial charge in [-0.2, -0.15) is 4.37 Å². The van der Waals surface area contributed by atoms with Crippen LogP contribution in [0.3, 0.4) is 0 Å². The molecule has 0 amide bonds. The SMILES string of the molecule is CCc1nsc(NC(CCO)c2ccc(OC)cc2)n1. The molecule has 1 unspecified atom stereocenters. The maximum absolute atomic E-state index is 9.23. The smallest absolute Gasteiger partial charge is 0.203 e. The number of ether oxygens (including phenoxy) is 1. The van der Waals surface area contributed by atoms with Crippen molar-refractivity contribution in [3.63, 3.8) is 0 Å². The second-order valence-corrected chi connectivity index (χ2v) is 5.10. The highest BCUT2D eigenvalue weighted by atomic mass is 32.1. The maximum Gasteiger partial charge on any atom is 0.203 e. The number of aliphatic hydroxyl groups is 1. The van der Waals surface area contributed by atoms with Crippen molar-refractivity contribution in [3.05, 3.63) is 35.7 Å². The summed E-state index contributed by atoms with van der Waals surface area (Å²) in [6.45, 7) is 2.14. The molecule has 0 saturated heterocycles. The van der Waals surface area contributed by atoms with Crippen LogP contribution in [0.2, 0.25) is 0 Å². The van der Waals surface area contributed by atoms with Gasteiger partial charge in [-0.3, -0.25) is 0 Å². The van der Waals surface area contributed by atoms with Gasteiger partial charge in [-0.15, -0.1) is 0 Å². The Bertz CT molecular complexity index is 527. The molecule has 0 bridgehead atoms. The van der Waals surface area contributed by atoms with Gasteiger partial charge in [-0.05, 0) is 24.1 Å². The predicted octanol–water partition coefficient (Wildman–Crippen LogP) is 2.64. The summed E-state index contributed by atoms with van der Waals surface area (Å²) in [4.78, 5) is 4.40. The zero-order valence-electron chi connectivity index (χ0n) is 11.7. The standard InChI is InChI=1S/C14H19N3O2S/c1-3-13-16-14(20-17-13)15-12(8-9-18)10-4-6-11(19-2)7-5-10/h4-7,12,18H,3,8-9H2,1-2H3,(H,15,16,17). The van der Waals surface area contributed by atoms with E-state index in [1.807, 2.05) is 31.2 Å². The number of aryl methyl sites for hydroxylation is 1. The fourth-order valence-corrected chi connectivity index (χ4v) is 2.60. The normalized spacial score (nSPS) is 12.2. The maximum atomic E-state index is 9.23. The molecule has 5 nitrogen and oxygen atoms in total. The monoisotopic (exact) mass is 293 g/mol. The van der Waals surface area contributed by atoms with Crippen molar-refractivity contribution in [2.75, 3.05) is 19.0 Å². The number of anilines is 1. The molecule has 20 heavy (non-hydrogen) atoms. The molecular formula is C14H19N3O2S. The summed E-state index contributed by atoms with van der Waals surface area (Å²) in [5.41, 5.74) is 1.09. The molecule has 0 fully saturated rings. The quantitative estimate of drug-likeness (QED) is 0.821. The molecule has 2 N–H and O–H groups in total. The van der Waals surface area contributed by atoms with Crippen molar-refractivity contribution < 1.29 is 9.84 Å². The molecule has 2 rings (SSSR count). The Morgan fingerprint density at radius 1 is 1.35 bits per heavy atom. The topological polar surface area (TPSA) is 67.3 Å². The molecule has 108 valence electrons. The van der Waals surface area contributed by atoms with Crippen molar-refractivity contribution in [2.24, 2.45) is 0 Å². The van der Waals surface area contributed by atoms with Crippen LogP contribution in [0.25, 0.3) is 0 Å². The van der Waals surface area contributed by atoms with Gasteiger partial charge in [0.1, 0.15) is 11.6 Å². The number of aromatic nitrogens is 2. The van der Waals surface area contributed by atoms with E-state index in [0.717, 1.165) is 28.7 Å². The zero-order valence-corrected chi connectivity index (χ0v) is 12.5.